The Labute approximate surface area is 96.9 Å². The summed E-state index contributed by atoms with van der Waals surface area (Å²) in [6.07, 6.45) is 6.24. The molecule has 0 saturated carbocycles. The fourth-order valence-electron chi connectivity index (χ4n) is 1.09. The second kappa shape index (κ2) is 5.32. The van der Waals surface area contributed by atoms with Crippen molar-refractivity contribution in [1.82, 2.24) is 0 Å². The minimum atomic E-state index is -0.825. The zero-order chi connectivity index (χ0) is 12.1. The molecule has 0 spiro atoms. The zero-order valence-corrected chi connectivity index (χ0v) is 9.14. The van der Waals surface area contributed by atoms with Gasteiger partial charge in [-0.2, -0.15) is 4.99 Å². The van der Waals surface area contributed by atoms with Crippen LogP contribution in [0.25, 0.3) is 0 Å². The Kier molecular flexibility index (Phi) is 4.07. The number of nitrogens with zero attached hydrogens (tertiary/aromatic N) is 1. The van der Waals surface area contributed by atoms with Gasteiger partial charge >= 0.3 is 0 Å². The molecule has 0 aromatic heterocycles. The topological polar surface area (TPSA) is 38.7 Å². The molecule has 3 nitrogen and oxygen atoms in total. The number of halogens is 2. The molecule has 0 unspecified atom stereocenters. The van der Waals surface area contributed by atoms with Gasteiger partial charge < -0.3 is 4.74 Å². The number of isocyanates is 1. The first-order valence-electron chi connectivity index (χ1n) is 4.24. The Morgan fingerprint density at radius 3 is 2.94 bits per heavy atom. The highest BCUT2D eigenvalue weighted by Crippen LogP contribution is 2.36. The summed E-state index contributed by atoms with van der Waals surface area (Å²) >= 11 is 5.83. The second-order valence-electron chi connectivity index (χ2n) is 2.87. The average Bonchev–Trinajstić information content (AvgIpc) is 2.26. The molecule has 0 fully saturated rings. The highest BCUT2D eigenvalue weighted by atomic mass is 35.5. The predicted octanol–water partition coefficient (Wildman–Crippen LogP) is 2.77. The quantitative estimate of drug-likeness (QED) is 0.462. The highest BCUT2D eigenvalue weighted by molar-refractivity contribution is 6.33. The van der Waals surface area contributed by atoms with Gasteiger partial charge in [-0.05, 0) is 18.6 Å². The fourth-order valence-corrected chi connectivity index (χ4v) is 1.29. The van der Waals surface area contributed by atoms with Gasteiger partial charge in [0.15, 0.2) is 11.6 Å². The SMILES string of the molecule is C#CCOc1c(F)c(N=C=O)cc(C)c1Cl. The van der Waals surface area contributed by atoms with Gasteiger partial charge in [-0.25, -0.2) is 9.18 Å². The van der Waals surface area contributed by atoms with E-state index in [1.54, 1.807) is 6.92 Å². The Morgan fingerprint density at radius 1 is 1.69 bits per heavy atom. The number of aliphatic imine (C=N–C) groups is 1. The Hall–Kier alpha value is -1.82. The van der Waals surface area contributed by atoms with E-state index < -0.39 is 5.82 Å². The summed E-state index contributed by atoms with van der Waals surface area (Å²) in [5.41, 5.74) is 0.355. The Balaban J connectivity index is 3.34. The summed E-state index contributed by atoms with van der Waals surface area (Å²) in [5.74, 6) is 1.16. The van der Waals surface area contributed by atoms with Gasteiger partial charge in [0.25, 0.3) is 0 Å². The second-order valence-corrected chi connectivity index (χ2v) is 3.24. The van der Waals surface area contributed by atoms with Crippen LogP contribution in [0, 0.1) is 25.1 Å². The molecule has 0 amide bonds. The number of hydrogen-bond acceptors (Lipinski definition) is 3. The van der Waals surface area contributed by atoms with Gasteiger partial charge in [-0.15, -0.1) is 6.42 Å². The van der Waals surface area contributed by atoms with Crippen LogP contribution in [0.1, 0.15) is 5.56 Å². The lowest BCUT2D eigenvalue weighted by molar-refractivity contribution is 0.349. The summed E-state index contributed by atoms with van der Waals surface area (Å²) < 4.78 is 18.6. The molecule has 5 heteroatoms. The number of rotatable bonds is 3. The van der Waals surface area contributed by atoms with Crippen LogP contribution in [0.2, 0.25) is 5.02 Å². The molecule has 0 radical (unpaired) electrons. The van der Waals surface area contributed by atoms with Crippen molar-refractivity contribution in [3.8, 4) is 18.1 Å². The third-order valence-corrected chi connectivity index (χ3v) is 2.26. The molecule has 16 heavy (non-hydrogen) atoms. The molecule has 1 aromatic rings. The molecule has 1 rings (SSSR count). The molecular formula is C11H7ClFNO2. The van der Waals surface area contributed by atoms with Gasteiger partial charge in [-0.3, -0.25) is 0 Å². The van der Waals surface area contributed by atoms with Crippen molar-refractivity contribution in [2.24, 2.45) is 4.99 Å². The van der Waals surface area contributed by atoms with E-state index >= 15 is 0 Å². The van der Waals surface area contributed by atoms with Crippen LogP contribution in [0.5, 0.6) is 5.75 Å². The minimum Gasteiger partial charge on any atom is -0.476 e. The van der Waals surface area contributed by atoms with Crippen molar-refractivity contribution in [2.75, 3.05) is 6.61 Å². The molecule has 0 bridgehead atoms. The van der Waals surface area contributed by atoms with Gasteiger partial charge in [0.1, 0.15) is 12.3 Å². The Bertz CT molecular complexity index is 502. The maximum absolute atomic E-state index is 13.7. The highest BCUT2D eigenvalue weighted by Gasteiger charge is 2.16. The van der Waals surface area contributed by atoms with E-state index in [1.165, 1.54) is 12.1 Å². The molecule has 0 saturated heterocycles. The van der Waals surface area contributed by atoms with E-state index in [0.29, 0.717) is 5.56 Å². The molecule has 0 N–H and O–H groups in total. The zero-order valence-electron chi connectivity index (χ0n) is 8.38. The summed E-state index contributed by atoms with van der Waals surface area (Å²) in [4.78, 5) is 13.3. The minimum absolute atomic E-state index is 0.109. The molecule has 0 aliphatic rings. The molecule has 0 aliphatic heterocycles. The number of carbonyl (C=O) groups excluding carboxylic acids is 1. The van der Waals surface area contributed by atoms with E-state index in [4.69, 9.17) is 22.8 Å². The van der Waals surface area contributed by atoms with Crippen LogP contribution in [-0.4, -0.2) is 12.7 Å². The van der Waals surface area contributed by atoms with Crippen molar-refractivity contribution in [3.05, 3.63) is 22.5 Å². The summed E-state index contributed by atoms with van der Waals surface area (Å²) in [6.45, 7) is 1.51. The molecule has 0 atom stereocenters. The predicted molar refractivity (Wildman–Crippen MR) is 58.3 cm³/mol. The molecule has 82 valence electrons. The van der Waals surface area contributed by atoms with E-state index in [1.807, 2.05) is 0 Å². The number of terminal acetylenes is 1. The van der Waals surface area contributed by atoms with Crippen molar-refractivity contribution >= 4 is 23.4 Å². The number of aryl methyl sites for hydroxylation is 1. The third kappa shape index (κ3) is 2.40. The lowest BCUT2D eigenvalue weighted by Crippen LogP contribution is -1.98. The van der Waals surface area contributed by atoms with Gasteiger partial charge in [0.2, 0.25) is 6.08 Å². The lowest BCUT2D eigenvalue weighted by atomic mass is 10.2. The maximum Gasteiger partial charge on any atom is 0.240 e. The van der Waals surface area contributed by atoms with Gasteiger partial charge in [0.05, 0.1) is 5.02 Å². The van der Waals surface area contributed by atoms with Crippen LogP contribution in [0.15, 0.2) is 11.1 Å². The van der Waals surface area contributed by atoms with Crippen LogP contribution in [0.4, 0.5) is 10.1 Å². The number of benzene rings is 1. The largest absolute Gasteiger partial charge is 0.476 e. The normalized spacial score (nSPS) is 9.12. The summed E-state index contributed by atoms with van der Waals surface area (Å²) in [6, 6.07) is 1.32. The lowest BCUT2D eigenvalue weighted by Gasteiger charge is -2.09. The molecular weight excluding hydrogens is 233 g/mol. The van der Waals surface area contributed by atoms with Crippen LogP contribution in [-0.2, 0) is 4.79 Å². The molecule has 0 heterocycles. The number of hydrogen-bond donors (Lipinski definition) is 0. The standard InChI is InChI=1S/C11H7ClFNO2/c1-3-4-16-11-9(12)7(2)5-8(10(11)13)14-6-15/h1,5H,4H2,2H3. The van der Waals surface area contributed by atoms with E-state index in [0.717, 1.165) is 0 Å². The van der Waals surface area contributed by atoms with Crippen molar-refractivity contribution < 1.29 is 13.9 Å². The monoisotopic (exact) mass is 239 g/mol. The first kappa shape index (κ1) is 12.3. The first-order valence-corrected chi connectivity index (χ1v) is 4.62. The van der Waals surface area contributed by atoms with Gasteiger partial charge in [0, 0.05) is 0 Å². The number of ether oxygens (including phenoxy) is 1. The van der Waals surface area contributed by atoms with Crippen LogP contribution < -0.4 is 4.74 Å². The van der Waals surface area contributed by atoms with E-state index in [2.05, 4.69) is 10.9 Å². The van der Waals surface area contributed by atoms with Gasteiger partial charge in [-0.1, -0.05) is 17.5 Å². The van der Waals surface area contributed by atoms with Crippen LogP contribution in [0.3, 0.4) is 0 Å². The average molecular weight is 240 g/mol. The van der Waals surface area contributed by atoms with Crippen molar-refractivity contribution in [2.45, 2.75) is 6.92 Å². The van der Waals surface area contributed by atoms with Crippen LogP contribution >= 0.6 is 11.6 Å². The molecule has 1 aromatic carbocycles. The fraction of sp³-hybridized carbons (Fsp3) is 0.182. The Morgan fingerprint density at radius 2 is 2.38 bits per heavy atom. The van der Waals surface area contributed by atoms with Crippen molar-refractivity contribution in [3.63, 3.8) is 0 Å². The summed E-state index contributed by atoms with van der Waals surface area (Å²) in [5, 5.41) is 0.109. The van der Waals surface area contributed by atoms with Crippen molar-refractivity contribution in [1.29, 1.82) is 0 Å². The summed E-state index contributed by atoms with van der Waals surface area (Å²) in [7, 11) is 0. The van der Waals surface area contributed by atoms with E-state index in [-0.39, 0.29) is 23.1 Å². The molecule has 0 aliphatic carbocycles. The van der Waals surface area contributed by atoms with E-state index in [9.17, 15) is 9.18 Å². The smallest absolute Gasteiger partial charge is 0.240 e. The maximum atomic E-state index is 13.7. The third-order valence-electron chi connectivity index (χ3n) is 1.79. The first-order chi connectivity index (χ1) is 7.61.